The van der Waals surface area contributed by atoms with Crippen LogP contribution in [0.3, 0.4) is 0 Å². The van der Waals surface area contributed by atoms with Gasteiger partial charge in [-0.2, -0.15) is 0 Å². The van der Waals surface area contributed by atoms with Crippen LogP contribution in [0.2, 0.25) is 0 Å². The largest absolute Gasteiger partial charge is 0.487 e. The number of hydrogen-bond donors (Lipinski definition) is 2. The van der Waals surface area contributed by atoms with Crippen molar-refractivity contribution in [2.75, 3.05) is 6.54 Å². The Hall–Kier alpha value is -3.70. The fourth-order valence-corrected chi connectivity index (χ4v) is 5.53. The van der Waals surface area contributed by atoms with Crippen molar-refractivity contribution in [2.45, 2.75) is 58.3 Å². The van der Waals surface area contributed by atoms with Gasteiger partial charge >= 0.3 is 0 Å². The van der Waals surface area contributed by atoms with Gasteiger partial charge in [0.25, 0.3) is 0 Å². The van der Waals surface area contributed by atoms with E-state index in [1.54, 1.807) is 6.07 Å². The van der Waals surface area contributed by atoms with Crippen LogP contribution in [0.1, 0.15) is 53.3 Å². The molecule has 1 aliphatic carbocycles. The number of ether oxygens (including phenoxy) is 1. The molecule has 190 valence electrons. The van der Waals surface area contributed by atoms with Crippen LogP contribution in [0.25, 0.3) is 10.9 Å². The van der Waals surface area contributed by atoms with Gasteiger partial charge in [-0.05, 0) is 58.4 Å². The second kappa shape index (κ2) is 10.7. The number of nitrogens with one attached hydrogen (secondary N) is 1. The van der Waals surface area contributed by atoms with Gasteiger partial charge in [-0.3, -0.25) is 4.79 Å². The summed E-state index contributed by atoms with van der Waals surface area (Å²) in [4.78, 5) is 15.1. The van der Waals surface area contributed by atoms with E-state index in [9.17, 15) is 9.90 Å². The van der Waals surface area contributed by atoms with Gasteiger partial charge < -0.3 is 14.8 Å². The quantitative estimate of drug-likeness (QED) is 0.249. The predicted molar refractivity (Wildman–Crippen MR) is 149 cm³/mol. The van der Waals surface area contributed by atoms with E-state index in [0.29, 0.717) is 24.4 Å². The molecule has 37 heavy (non-hydrogen) atoms. The lowest BCUT2D eigenvalue weighted by Crippen LogP contribution is -2.29. The zero-order valence-corrected chi connectivity index (χ0v) is 21.7. The van der Waals surface area contributed by atoms with Gasteiger partial charge in [0.1, 0.15) is 25.2 Å². The third-order valence-electron chi connectivity index (χ3n) is 7.61. The number of aryl methyl sites for hydroxylation is 2. The molecule has 5 nitrogen and oxygen atoms in total. The Morgan fingerprint density at radius 2 is 1.68 bits per heavy atom. The minimum atomic E-state index is -0.754. The van der Waals surface area contributed by atoms with Gasteiger partial charge in [-0.15, -0.1) is 0 Å². The summed E-state index contributed by atoms with van der Waals surface area (Å²) >= 11 is 0. The molecule has 0 unspecified atom stereocenters. The van der Waals surface area contributed by atoms with Crippen molar-refractivity contribution >= 4 is 17.6 Å². The number of aromatic amines is 1. The fourth-order valence-electron chi connectivity index (χ4n) is 5.53. The highest BCUT2D eigenvalue weighted by Gasteiger charge is 2.31. The van der Waals surface area contributed by atoms with E-state index in [1.807, 2.05) is 47.0 Å². The summed E-state index contributed by atoms with van der Waals surface area (Å²) in [5.41, 5.74) is 7.88. The number of benzene rings is 3. The molecule has 0 bridgehead atoms. The molecule has 0 aliphatic heterocycles. The monoisotopic (exact) mass is 495 g/mol. The fraction of sp³-hybridized carbons (Fsp3) is 0.312. The minimum absolute atomic E-state index is 0.205. The molecule has 1 aliphatic rings. The Kier molecular flexibility index (Phi) is 7.24. The van der Waals surface area contributed by atoms with E-state index in [2.05, 4.69) is 37.7 Å². The van der Waals surface area contributed by atoms with Gasteiger partial charge in [-0.1, -0.05) is 62.4 Å². The van der Waals surface area contributed by atoms with Gasteiger partial charge in [0.15, 0.2) is 12.6 Å². The van der Waals surface area contributed by atoms with Crippen molar-refractivity contribution in [3.8, 4) is 5.75 Å². The molecular formula is C32H35N2O3+. The van der Waals surface area contributed by atoms with E-state index < -0.39 is 6.10 Å². The first kappa shape index (κ1) is 25.0. The molecule has 0 saturated carbocycles. The Bertz CT molecular complexity index is 1460. The average Bonchev–Trinajstić information content (AvgIpc) is 3.34. The first-order valence-electron chi connectivity index (χ1n) is 13.2. The smallest absolute Gasteiger partial charge is 0.248 e. The SMILES string of the molecule is C=[N+](C[C@H](O)c1ccc(OCc2ccccc2)c2[nH]c(=O)ccc12)C1Cc2cc(CC)c(CC)cc2C1. The normalized spacial score (nSPS) is 14.0. The summed E-state index contributed by atoms with van der Waals surface area (Å²) in [5.74, 6) is 0.587. The van der Waals surface area contributed by atoms with E-state index in [1.165, 1.54) is 28.3 Å². The van der Waals surface area contributed by atoms with E-state index in [-0.39, 0.29) is 11.6 Å². The van der Waals surface area contributed by atoms with Crippen molar-refractivity contribution < 1.29 is 14.4 Å². The van der Waals surface area contributed by atoms with Gasteiger partial charge in [0.2, 0.25) is 5.56 Å². The molecule has 1 atom stereocenters. The summed E-state index contributed by atoms with van der Waals surface area (Å²) in [6.07, 6.45) is 3.24. The Morgan fingerprint density at radius 1 is 1.00 bits per heavy atom. The zero-order chi connectivity index (χ0) is 25.9. The lowest BCUT2D eigenvalue weighted by atomic mass is 9.97. The molecule has 2 N–H and O–H groups in total. The standard InChI is InChI=1S/C32H34N2O3/c1-4-22-15-24-17-26(18-25(24)16-23(22)5-2)34(3)19-29(35)27-11-13-30(32-28(27)12-14-31(36)33-32)37-20-21-9-7-6-8-10-21/h6-16,26,29,35H,3-5,17-20H2,1-2H3/p+1/t29-/m0/s1. The first-order valence-corrected chi connectivity index (χ1v) is 13.2. The lowest BCUT2D eigenvalue weighted by Gasteiger charge is -2.17. The van der Waals surface area contributed by atoms with E-state index in [4.69, 9.17) is 4.74 Å². The molecule has 0 saturated heterocycles. The number of nitrogens with zero attached hydrogens (tertiary/aromatic N) is 1. The maximum atomic E-state index is 12.2. The van der Waals surface area contributed by atoms with Gasteiger partial charge in [-0.25, -0.2) is 4.58 Å². The summed E-state index contributed by atoms with van der Waals surface area (Å²) in [5, 5.41) is 12.1. The van der Waals surface area contributed by atoms with Crippen LogP contribution in [0, 0.1) is 0 Å². The molecule has 3 aromatic carbocycles. The minimum Gasteiger partial charge on any atom is -0.487 e. The topological polar surface area (TPSA) is 65.3 Å². The highest BCUT2D eigenvalue weighted by atomic mass is 16.5. The Labute approximate surface area is 218 Å². The maximum absolute atomic E-state index is 12.2. The first-order chi connectivity index (χ1) is 18.0. The molecule has 4 aromatic rings. The average molecular weight is 496 g/mol. The number of rotatable bonds is 9. The molecule has 0 fully saturated rings. The van der Waals surface area contributed by atoms with Crippen molar-refractivity contribution in [1.29, 1.82) is 0 Å². The number of aliphatic hydroxyl groups excluding tert-OH is 1. The second-order valence-corrected chi connectivity index (χ2v) is 9.98. The molecule has 0 radical (unpaired) electrons. The van der Waals surface area contributed by atoms with Gasteiger partial charge in [0.05, 0.1) is 5.52 Å². The molecule has 1 heterocycles. The van der Waals surface area contributed by atoms with Crippen LogP contribution in [0.5, 0.6) is 5.75 Å². The molecule has 1 aromatic heterocycles. The number of aliphatic hydroxyl groups is 1. The molecular weight excluding hydrogens is 460 g/mol. The maximum Gasteiger partial charge on any atom is 0.248 e. The number of pyridine rings is 1. The van der Waals surface area contributed by atoms with Crippen LogP contribution in [-0.2, 0) is 32.3 Å². The van der Waals surface area contributed by atoms with Crippen LogP contribution >= 0.6 is 0 Å². The lowest BCUT2D eigenvalue weighted by molar-refractivity contribution is -0.565. The summed E-state index contributed by atoms with van der Waals surface area (Å²) in [6, 6.07) is 21.9. The predicted octanol–water partition coefficient (Wildman–Crippen LogP) is 5.15. The Balaban J connectivity index is 1.34. The molecule has 5 heteroatoms. The zero-order valence-electron chi connectivity index (χ0n) is 21.7. The highest BCUT2D eigenvalue weighted by molar-refractivity contribution is 5.87. The van der Waals surface area contributed by atoms with Crippen molar-refractivity contribution in [3.63, 3.8) is 0 Å². The summed E-state index contributed by atoms with van der Waals surface area (Å²) in [6.45, 7) is 9.54. The summed E-state index contributed by atoms with van der Waals surface area (Å²) < 4.78 is 8.08. The van der Waals surface area contributed by atoms with Crippen molar-refractivity contribution in [2.24, 2.45) is 0 Å². The summed E-state index contributed by atoms with van der Waals surface area (Å²) in [7, 11) is 0. The van der Waals surface area contributed by atoms with Crippen molar-refractivity contribution in [3.05, 3.63) is 110 Å². The van der Waals surface area contributed by atoms with Crippen molar-refractivity contribution in [1.82, 2.24) is 4.98 Å². The van der Waals surface area contributed by atoms with Crippen LogP contribution in [0.15, 0.2) is 71.5 Å². The number of aromatic nitrogens is 1. The molecule has 5 rings (SSSR count). The molecule has 0 amide bonds. The van der Waals surface area contributed by atoms with Crippen LogP contribution in [-0.4, -0.2) is 34.0 Å². The highest BCUT2D eigenvalue weighted by Crippen LogP contribution is 2.32. The molecule has 0 spiro atoms. The third-order valence-corrected chi connectivity index (χ3v) is 7.61. The third kappa shape index (κ3) is 5.23. The van der Waals surface area contributed by atoms with Crippen LogP contribution in [0.4, 0.5) is 0 Å². The number of hydrogen-bond acceptors (Lipinski definition) is 3. The number of fused-ring (bicyclic) bond motifs is 2. The Morgan fingerprint density at radius 3 is 2.32 bits per heavy atom. The van der Waals surface area contributed by atoms with Crippen LogP contribution < -0.4 is 10.3 Å². The van der Waals surface area contributed by atoms with Gasteiger partial charge in [0, 0.05) is 24.3 Å². The number of H-pyrrole nitrogens is 1. The van der Waals surface area contributed by atoms with E-state index >= 15 is 0 Å². The second-order valence-electron chi connectivity index (χ2n) is 9.98. The van der Waals surface area contributed by atoms with E-state index in [0.717, 1.165) is 42.2 Å².